The molecule has 2 heterocycles. The molecule has 0 radical (unpaired) electrons. The van der Waals surface area contributed by atoms with E-state index >= 15 is 8.78 Å². The molecule has 1 atom stereocenters. The lowest BCUT2D eigenvalue weighted by atomic mass is 9.94. The van der Waals surface area contributed by atoms with Crippen LogP contribution in [0.4, 0.5) is 8.78 Å². The van der Waals surface area contributed by atoms with Crippen molar-refractivity contribution in [1.82, 2.24) is 14.8 Å². The van der Waals surface area contributed by atoms with Gasteiger partial charge in [0, 0.05) is 34.6 Å². The smallest absolute Gasteiger partial charge is 0.355 e. The number of thiol groups is 1. The summed E-state index contributed by atoms with van der Waals surface area (Å²) in [6, 6.07) is 16.6. The lowest BCUT2D eigenvalue weighted by molar-refractivity contribution is 0.0691. The van der Waals surface area contributed by atoms with Crippen LogP contribution in [0.15, 0.2) is 70.9 Å². The summed E-state index contributed by atoms with van der Waals surface area (Å²) in [5, 5.41) is 21.7. The molecule has 7 nitrogen and oxygen atoms in total. The van der Waals surface area contributed by atoms with Gasteiger partial charge in [0.25, 0.3) is 0 Å². The van der Waals surface area contributed by atoms with Crippen LogP contribution >= 0.6 is 11.3 Å². The molecule has 0 spiro atoms. The number of carboxylic acids is 1. The predicted molar refractivity (Wildman–Crippen MR) is 159 cm³/mol. The third-order valence-electron chi connectivity index (χ3n) is 7.40. The highest BCUT2D eigenvalue weighted by Gasteiger charge is 2.29. The van der Waals surface area contributed by atoms with Gasteiger partial charge in [0.2, 0.25) is 5.13 Å². The monoisotopic (exact) mass is 605 g/mol. The average molecular weight is 606 g/mol. The predicted octanol–water partition coefficient (Wildman–Crippen LogP) is 6.42. The molecule has 1 aliphatic carbocycles. The standard InChI is InChI=1S/C31H26F2N4O3S2/c1-17-2-6-19(7-3-17)23-14-21(9-11-25(23)32)29-24(13-20-8-10-22(42(34)40)15-26(20)33)27(12-18-4-5-18)36-37(29)31-35-28(16-41-31)30(38)39/h2-3,6-11,14-16,18H,4-5,12-13H2,1H3,(H2,34,40)(H,38,39)/p+1. The molecular weight excluding hydrogens is 578 g/mol. The van der Waals surface area contributed by atoms with Gasteiger partial charge in [-0.15, -0.1) is 16.5 Å². The number of halogens is 2. The number of benzene rings is 3. The summed E-state index contributed by atoms with van der Waals surface area (Å²) in [5.41, 5.74) is 5.08. The molecule has 6 rings (SSSR count). The number of hydrogen-bond donors (Lipinski definition) is 2. The van der Waals surface area contributed by atoms with Crippen molar-refractivity contribution < 1.29 is 22.9 Å². The number of rotatable bonds is 9. The van der Waals surface area contributed by atoms with Crippen LogP contribution in [0.3, 0.4) is 0 Å². The van der Waals surface area contributed by atoms with Gasteiger partial charge in [-0.1, -0.05) is 40.1 Å². The lowest BCUT2D eigenvalue weighted by Crippen LogP contribution is -2.04. The third-order valence-corrected chi connectivity index (χ3v) is 9.00. The quantitative estimate of drug-likeness (QED) is 0.149. The Kier molecular flexibility index (Phi) is 7.56. The molecule has 0 aliphatic heterocycles. The number of carbonyl (C=O) groups is 1. The topological polar surface area (TPSA) is 111 Å². The van der Waals surface area contributed by atoms with Crippen molar-refractivity contribution in [3.8, 4) is 27.5 Å². The Balaban J connectivity index is 1.56. The number of hydrogen-bond acceptors (Lipinski definition) is 5. The molecule has 1 fully saturated rings. The maximum Gasteiger partial charge on any atom is 0.355 e. The van der Waals surface area contributed by atoms with Gasteiger partial charge >= 0.3 is 5.97 Å². The number of thiazole rings is 1. The first kappa shape index (κ1) is 28.1. The molecule has 42 heavy (non-hydrogen) atoms. The molecule has 214 valence electrons. The zero-order chi connectivity index (χ0) is 29.5. The van der Waals surface area contributed by atoms with Gasteiger partial charge in [-0.05, 0) is 67.5 Å². The fraction of sp³-hybridized carbons (Fsp3) is 0.194. The number of aromatic carboxylic acids is 1. The van der Waals surface area contributed by atoms with Gasteiger partial charge in [0.1, 0.15) is 11.6 Å². The van der Waals surface area contributed by atoms with E-state index in [1.54, 1.807) is 28.9 Å². The summed E-state index contributed by atoms with van der Waals surface area (Å²) in [4.78, 5) is 16.2. The minimum absolute atomic E-state index is 0.112. The van der Waals surface area contributed by atoms with Crippen molar-refractivity contribution in [2.24, 2.45) is 11.1 Å². The fourth-order valence-corrected chi connectivity index (χ4v) is 6.19. The first-order chi connectivity index (χ1) is 20.2. The second-order valence-electron chi connectivity index (χ2n) is 10.5. The second kappa shape index (κ2) is 11.3. The zero-order valence-corrected chi connectivity index (χ0v) is 24.3. The van der Waals surface area contributed by atoms with Crippen LogP contribution < -0.4 is 5.14 Å². The Hall–Kier alpha value is -4.06. The van der Waals surface area contributed by atoms with Gasteiger partial charge in [-0.25, -0.2) is 23.2 Å². The van der Waals surface area contributed by atoms with Crippen LogP contribution in [0.2, 0.25) is 0 Å². The minimum atomic E-state index is -2.19. The van der Waals surface area contributed by atoms with Crippen molar-refractivity contribution in [2.45, 2.75) is 37.5 Å². The van der Waals surface area contributed by atoms with Crippen molar-refractivity contribution >= 4 is 28.3 Å². The van der Waals surface area contributed by atoms with Crippen LogP contribution in [0.1, 0.15) is 45.7 Å². The first-order valence-electron chi connectivity index (χ1n) is 13.3. The Morgan fingerprint density at radius 1 is 1.07 bits per heavy atom. The number of aryl methyl sites for hydroxylation is 1. The van der Waals surface area contributed by atoms with Gasteiger partial charge in [0.15, 0.2) is 21.6 Å². The molecular formula is C31H27F2N4O3S2+. The number of nitrogens with two attached hydrogens (primary N) is 1. The normalized spacial score (nSPS) is 13.8. The number of carboxylic acid groups (broad SMARTS) is 1. The van der Waals surface area contributed by atoms with Crippen LogP contribution in [0.25, 0.3) is 27.5 Å². The minimum Gasteiger partial charge on any atom is -0.476 e. The fourth-order valence-electron chi connectivity index (χ4n) is 4.97. The molecule has 3 N–H and O–H groups in total. The Morgan fingerprint density at radius 3 is 2.45 bits per heavy atom. The third kappa shape index (κ3) is 5.67. The molecule has 1 unspecified atom stereocenters. The van der Waals surface area contributed by atoms with E-state index in [-0.39, 0.29) is 17.0 Å². The summed E-state index contributed by atoms with van der Waals surface area (Å²) in [6.07, 6.45) is 2.93. The van der Waals surface area contributed by atoms with Gasteiger partial charge in [-0.2, -0.15) is 5.10 Å². The van der Waals surface area contributed by atoms with Crippen molar-refractivity contribution in [3.05, 3.63) is 106 Å². The molecule has 0 saturated heterocycles. The second-order valence-corrected chi connectivity index (χ2v) is 12.5. The summed E-state index contributed by atoms with van der Waals surface area (Å²) >= 11 is 1.13. The van der Waals surface area contributed by atoms with E-state index in [9.17, 15) is 14.1 Å². The Morgan fingerprint density at radius 2 is 1.81 bits per heavy atom. The number of aromatic nitrogens is 3. The van der Waals surface area contributed by atoms with Gasteiger partial charge in [-0.3, -0.25) is 0 Å². The molecule has 0 bridgehead atoms. The highest BCUT2D eigenvalue weighted by Crippen LogP contribution is 2.39. The van der Waals surface area contributed by atoms with Gasteiger partial charge < -0.3 is 5.11 Å². The van der Waals surface area contributed by atoms with E-state index in [0.717, 1.165) is 41.0 Å². The Bertz CT molecular complexity index is 1850. The highest BCUT2D eigenvalue weighted by atomic mass is 32.2. The summed E-state index contributed by atoms with van der Waals surface area (Å²) in [7, 11) is -2.19. The van der Waals surface area contributed by atoms with Crippen LogP contribution in [0, 0.1) is 24.5 Å². The SMILES string of the molecule is Cc1ccc(-c2cc(-c3c(Cc4ccc([SH+](N)=O)cc4F)c(CC4CC4)nn3-c3nc(C(=O)O)cs3)ccc2F)cc1. The number of nitrogens with zero attached hydrogens (tertiary/aromatic N) is 3. The summed E-state index contributed by atoms with van der Waals surface area (Å²) in [5.74, 6) is -1.66. The molecule has 2 aromatic heterocycles. The van der Waals surface area contributed by atoms with E-state index < -0.39 is 28.6 Å². The molecule has 5 aromatic rings. The lowest BCUT2D eigenvalue weighted by Gasteiger charge is -2.12. The zero-order valence-electron chi connectivity index (χ0n) is 22.6. The summed E-state index contributed by atoms with van der Waals surface area (Å²) < 4.78 is 43.8. The van der Waals surface area contributed by atoms with Crippen molar-refractivity contribution in [3.63, 3.8) is 0 Å². The van der Waals surface area contributed by atoms with E-state index in [1.807, 2.05) is 31.2 Å². The average Bonchev–Trinajstić information content (AvgIpc) is 3.51. The van der Waals surface area contributed by atoms with E-state index in [4.69, 9.17) is 10.2 Å². The van der Waals surface area contributed by atoms with Crippen LogP contribution in [-0.4, -0.2) is 25.8 Å². The highest BCUT2D eigenvalue weighted by molar-refractivity contribution is 7.82. The van der Waals surface area contributed by atoms with E-state index in [1.165, 1.54) is 17.5 Å². The van der Waals surface area contributed by atoms with Crippen molar-refractivity contribution in [1.29, 1.82) is 0 Å². The summed E-state index contributed by atoms with van der Waals surface area (Å²) in [6.45, 7) is 1.96. The molecule has 1 saturated carbocycles. The molecule has 1 aliphatic rings. The van der Waals surface area contributed by atoms with E-state index in [2.05, 4.69) is 4.98 Å². The maximum absolute atomic E-state index is 15.3. The maximum atomic E-state index is 15.3. The largest absolute Gasteiger partial charge is 0.476 e. The van der Waals surface area contributed by atoms with Crippen LogP contribution in [0.5, 0.6) is 0 Å². The van der Waals surface area contributed by atoms with Crippen LogP contribution in [-0.2, 0) is 28.0 Å². The van der Waals surface area contributed by atoms with Gasteiger partial charge in [0.05, 0.1) is 11.4 Å². The van der Waals surface area contributed by atoms with E-state index in [0.29, 0.717) is 45.4 Å². The molecule has 11 heteroatoms. The Labute approximate surface area is 247 Å². The first-order valence-corrected chi connectivity index (χ1v) is 15.6. The molecule has 3 aromatic carbocycles. The van der Waals surface area contributed by atoms with Crippen molar-refractivity contribution in [2.75, 3.05) is 0 Å². The molecule has 0 amide bonds.